The van der Waals surface area contributed by atoms with Crippen LogP contribution in [0.3, 0.4) is 0 Å². The fraction of sp³-hybridized carbons (Fsp3) is 0. The first-order valence-electron chi connectivity index (χ1n) is 7.10. The van der Waals surface area contributed by atoms with Crippen LogP contribution in [-0.2, 0) is 25.7 Å². The van der Waals surface area contributed by atoms with Crippen LogP contribution >= 0.6 is 395 Å². The second kappa shape index (κ2) is 51.0. The molecule has 0 radical (unpaired) electrons. The summed E-state index contributed by atoms with van der Waals surface area (Å²) in [7, 11) is 66.2. The molecule has 260 valence electrons. The van der Waals surface area contributed by atoms with Crippen LogP contribution in [0.25, 0.3) is 0 Å². The van der Waals surface area contributed by atoms with Crippen molar-refractivity contribution >= 4 is 425 Å². The first-order chi connectivity index (χ1) is 21.1. The Morgan fingerprint density at radius 3 is 0.651 bits per heavy atom. The molecule has 0 nitrogen and oxygen atoms in total. The third-order valence-electron chi connectivity index (χ3n) is 1.22. The van der Waals surface area contributed by atoms with Gasteiger partial charge in [0.25, 0.3) is 0 Å². The van der Waals surface area contributed by atoms with Crippen LogP contribution in [0.5, 0.6) is 0 Å². The number of rotatable bonds is 38. The highest BCUT2D eigenvalue weighted by atomic mass is 127. The lowest BCUT2D eigenvalue weighted by Crippen LogP contribution is -1.65. The second-order valence-electron chi connectivity index (χ2n) is 3.03. The largest absolute Gasteiger partial charge is 0.0988 e. The minimum Gasteiger partial charge on any atom is -0.0988 e. The maximum atomic E-state index is 5.36. The van der Waals surface area contributed by atoms with Gasteiger partial charge in [-0.3, -0.25) is 0 Å². The second-order valence-corrected chi connectivity index (χ2v) is 87.3. The standard InChI is InChI=1S/CH3IS41/c1-2-43(4,5)42-41-40-39-38-37-36-35-34-33-32-31-30-29-28-27-26-25-24-23-22-21-20-19-18-17-16-15-14-13-12-11-10-9-8-7-6-3/h3H,1H2. The smallest absolute Gasteiger partial charge is 0.0203 e. The summed E-state index contributed by atoms with van der Waals surface area (Å²) in [6.45, 7) is 0. The summed E-state index contributed by atoms with van der Waals surface area (Å²) in [6, 6.07) is 0. The van der Waals surface area contributed by atoms with E-state index in [2.05, 4.69) is 16.2 Å². The highest BCUT2D eigenvalue weighted by Crippen LogP contribution is 2.67. The monoisotopic (exact) mass is 1450 g/mol. The van der Waals surface area contributed by atoms with Gasteiger partial charge >= 0.3 is 0 Å². The molecule has 0 heterocycles. The van der Waals surface area contributed by atoms with Crippen LogP contribution in [0.4, 0.5) is 0 Å². The van der Waals surface area contributed by atoms with E-state index in [1.54, 1.807) is 128 Å². The van der Waals surface area contributed by atoms with Crippen molar-refractivity contribution in [2.75, 3.05) is 0 Å². The van der Waals surface area contributed by atoms with Gasteiger partial charge in [-0.25, -0.2) is 0 Å². The summed E-state index contributed by atoms with van der Waals surface area (Å²) in [5.41, 5.74) is 0. The van der Waals surface area contributed by atoms with E-state index in [4.69, 9.17) is 22.4 Å². The molecule has 0 rings (SSSR count). The van der Waals surface area contributed by atoms with E-state index in [0.29, 0.717) is 0 Å². The lowest BCUT2D eigenvalue weighted by Gasteiger charge is -2.00. The lowest BCUT2D eigenvalue weighted by molar-refractivity contribution is 4.95. The third-order valence-corrected chi connectivity index (χ3v) is 98.4. The Hall–Kier alpha value is 14.7. The number of thiol groups is 1. The Morgan fingerprint density at radius 2 is 0.488 bits per heavy atom. The summed E-state index contributed by atoms with van der Waals surface area (Å²) in [5.74, 6) is 0. The molecule has 0 unspecified atom stereocenters. The van der Waals surface area contributed by atoms with Gasteiger partial charge in [-0.1, -0.05) is 16.2 Å². The highest BCUT2D eigenvalue weighted by molar-refractivity contribution is 14.2. The van der Waals surface area contributed by atoms with Crippen LogP contribution in [0.2, 0.25) is 0 Å². The van der Waals surface area contributed by atoms with Crippen LogP contribution in [0.1, 0.15) is 0 Å². The molecule has 0 aromatic heterocycles. The van der Waals surface area contributed by atoms with Crippen molar-refractivity contribution in [2.45, 2.75) is 0 Å². The molecule has 0 aliphatic carbocycles. The minimum atomic E-state index is -1.29. The molecular weight excluding hydrogens is 1450 g/mol. The van der Waals surface area contributed by atoms with Crippen molar-refractivity contribution in [3.63, 3.8) is 0 Å². The molecular formula is CH3IS41. The average molecular weight is 1460 g/mol. The Kier molecular flexibility index (Phi) is 68.5. The maximum absolute atomic E-state index is 5.36. The fourth-order valence-corrected chi connectivity index (χ4v) is 111. The Labute approximate surface area is 413 Å². The molecule has 0 saturated heterocycles. The van der Waals surface area contributed by atoms with Gasteiger partial charge in [0, 0.05) is 288 Å². The van der Waals surface area contributed by atoms with Gasteiger partial charge in [-0.15, -0.1) is 0 Å². The number of halogens is 1. The van der Waals surface area contributed by atoms with Crippen LogP contribution in [0, 0.1) is 0 Å². The molecule has 0 atom stereocenters. The van der Waals surface area contributed by atoms with E-state index in [9.17, 15) is 0 Å². The summed E-state index contributed by atoms with van der Waals surface area (Å²) in [4.78, 5) is 0. The van der Waals surface area contributed by atoms with E-state index in [1.807, 2.05) is 226 Å². The van der Waals surface area contributed by atoms with Crippen molar-refractivity contribution in [2.24, 2.45) is 0 Å². The van der Waals surface area contributed by atoms with Gasteiger partial charge < -0.3 is 0 Å². The maximum Gasteiger partial charge on any atom is 0.0203 e. The topological polar surface area (TPSA) is 0 Å². The molecule has 0 aliphatic rings. The van der Waals surface area contributed by atoms with Gasteiger partial charge in [0.05, 0.1) is 0 Å². The van der Waals surface area contributed by atoms with E-state index in [1.165, 1.54) is 9.83 Å². The Bertz CT molecular complexity index is 622. The van der Waals surface area contributed by atoms with Crippen molar-refractivity contribution in [1.82, 2.24) is 0 Å². The van der Waals surface area contributed by atoms with Crippen LogP contribution in [-0.4, -0.2) is 4.51 Å². The van der Waals surface area contributed by atoms with Gasteiger partial charge in [-0.05, 0) is 120 Å². The SMILES string of the molecule is C=IS(=S)(=S)SSSSSSSSSSSSSSSSSSSSSSSSSSSSSSSSSSSSSS. The first-order valence-corrected chi connectivity index (χ1v) is 65.0. The molecule has 0 aliphatic heterocycles. The molecule has 0 aromatic rings. The highest BCUT2D eigenvalue weighted by Gasteiger charge is 2.04. The summed E-state index contributed by atoms with van der Waals surface area (Å²) in [6.07, 6.45) is 0. The predicted octanol–water partition coefficient (Wildman–Crippen LogP) is 25.2. The zero-order valence-corrected chi connectivity index (χ0v) is 53.6. The molecule has 0 aromatic carbocycles. The first kappa shape index (κ1) is 57.7. The van der Waals surface area contributed by atoms with Crippen molar-refractivity contribution in [3.8, 4) is 0 Å². The zero-order valence-electron chi connectivity index (χ0n) is 17.9. The molecule has 0 spiro atoms. The Morgan fingerprint density at radius 1 is 0.326 bits per heavy atom. The van der Waals surface area contributed by atoms with Crippen molar-refractivity contribution < 1.29 is 0 Å². The normalized spacial score (nSPS) is 11.9. The molecule has 0 saturated carbocycles. The summed E-state index contributed by atoms with van der Waals surface area (Å²) >= 11 is 14.6. The van der Waals surface area contributed by atoms with Crippen molar-refractivity contribution in [1.29, 1.82) is 0 Å². The van der Waals surface area contributed by atoms with E-state index >= 15 is 0 Å². The molecule has 0 N–H and O–H groups in total. The number of hydrogen-bond donors (Lipinski definition) is 1. The van der Waals surface area contributed by atoms with Gasteiger partial charge in [0.15, 0.2) is 0 Å². The molecule has 43 heavy (non-hydrogen) atoms. The van der Waals surface area contributed by atoms with Gasteiger partial charge in [-0.2, -0.15) is 0 Å². The molecule has 0 amide bonds. The van der Waals surface area contributed by atoms with Crippen LogP contribution < -0.4 is 0 Å². The predicted molar refractivity (Wildman–Crippen MR) is 333 cm³/mol. The summed E-state index contributed by atoms with van der Waals surface area (Å²) in [5, 5.41) is 0. The number of hydrogen-bond acceptors (Lipinski definition) is 40. The van der Waals surface area contributed by atoms with Gasteiger partial charge in [0.1, 0.15) is 0 Å². The molecule has 0 bridgehead atoms. The van der Waals surface area contributed by atoms with Crippen LogP contribution in [0.15, 0.2) is 0 Å². The van der Waals surface area contributed by atoms with E-state index in [0.717, 1.165) is 0 Å². The molecule has 42 heteroatoms. The van der Waals surface area contributed by atoms with E-state index in [-0.39, 0.29) is 19.3 Å². The Balaban J connectivity index is 3.07. The minimum absolute atomic E-state index is 0.256. The van der Waals surface area contributed by atoms with Crippen molar-refractivity contribution in [3.05, 3.63) is 0 Å². The van der Waals surface area contributed by atoms with Gasteiger partial charge in [0.2, 0.25) is 0 Å². The summed E-state index contributed by atoms with van der Waals surface area (Å²) < 4.78 is 2.64. The van der Waals surface area contributed by atoms with E-state index < -0.39 is 3.35 Å². The quantitative estimate of drug-likeness (QED) is 0.0205. The lowest BCUT2D eigenvalue weighted by atomic mass is 12.0. The fourth-order valence-electron chi connectivity index (χ4n) is 0.449. The average Bonchev–Trinajstić information content (AvgIpc) is 3.01. The zero-order chi connectivity index (χ0) is 31.4. The third kappa shape index (κ3) is 52.8. The molecule has 0 fully saturated rings.